The Morgan fingerprint density at radius 2 is 2.15 bits per heavy atom. The van der Waals surface area contributed by atoms with Gasteiger partial charge >= 0.3 is 0 Å². The van der Waals surface area contributed by atoms with E-state index in [9.17, 15) is 9.90 Å². The van der Waals surface area contributed by atoms with Gasteiger partial charge < -0.3 is 10.0 Å². The van der Waals surface area contributed by atoms with Gasteiger partial charge in [-0.15, -0.1) is 0 Å². The standard InChI is InChI=1S/C19H27N5O2/c1-14(2)11-23-8-9-24(12-15(23)7-10-25)19(26)17-6-4-3-5-16(17)18-20-13-21-22-18/h3-6,13-15,25H,7-12H2,1-2H3,(H,20,21,22). The van der Waals surface area contributed by atoms with Crippen LogP contribution in [0.15, 0.2) is 30.6 Å². The van der Waals surface area contributed by atoms with Crippen molar-refractivity contribution in [2.45, 2.75) is 26.3 Å². The number of aromatic amines is 1. The molecule has 1 aliphatic rings. The molecule has 1 fully saturated rings. The van der Waals surface area contributed by atoms with Crippen molar-refractivity contribution in [1.82, 2.24) is 25.0 Å². The van der Waals surface area contributed by atoms with Crippen molar-refractivity contribution in [3.05, 3.63) is 36.2 Å². The number of carbonyl (C=O) groups is 1. The van der Waals surface area contributed by atoms with Gasteiger partial charge in [0, 0.05) is 44.4 Å². The fourth-order valence-corrected chi connectivity index (χ4v) is 3.59. The van der Waals surface area contributed by atoms with Gasteiger partial charge in [-0.25, -0.2) is 4.98 Å². The number of aliphatic hydroxyl groups is 1. The van der Waals surface area contributed by atoms with E-state index < -0.39 is 0 Å². The third-order valence-electron chi connectivity index (χ3n) is 4.78. The van der Waals surface area contributed by atoms with E-state index in [-0.39, 0.29) is 18.6 Å². The molecule has 1 atom stereocenters. The quantitative estimate of drug-likeness (QED) is 0.821. The first kappa shape index (κ1) is 18.5. The Labute approximate surface area is 154 Å². The molecule has 1 amide bonds. The normalized spacial score (nSPS) is 18.5. The van der Waals surface area contributed by atoms with Crippen LogP contribution in [0, 0.1) is 5.92 Å². The second kappa shape index (κ2) is 8.42. The molecule has 1 aromatic heterocycles. The van der Waals surface area contributed by atoms with Gasteiger partial charge in [-0.05, 0) is 18.4 Å². The first-order valence-corrected chi connectivity index (χ1v) is 9.19. The summed E-state index contributed by atoms with van der Waals surface area (Å²) >= 11 is 0. The highest BCUT2D eigenvalue weighted by atomic mass is 16.3. The number of carbonyl (C=O) groups excluding carboxylic acids is 1. The fraction of sp³-hybridized carbons (Fsp3) is 0.526. The Hall–Kier alpha value is -2.25. The molecule has 1 saturated heterocycles. The first-order valence-electron chi connectivity index (χ1n) is 9.19. The minimum absolute atomic E-state index is 0.00383. The lowest BCUT2D eigenvalue weighted by Crippen LogP contribution is -2.55. The lowest BCUT2D eigenvalue weighted by molar-refractivity contribution is 0.0385. The largest absolute Gasteiger partial charge is 0.396 e. The van der Waals surface area contributed by atoms with Gasteiger partial charge in [0.25, 0.3) is 5.91 Å². The van der Waals surface area contributed by atoms with Gasteiger partial charge in [0.2, 0.25) is 0 Å². The van der Waals surface area contributed by atoms with Crippen LogP contribution in [0.5, 0.6) is 0 Å². The number of amides is 1. The molecule has 26 heavy (non-hydrogen) atoms. The summed E-state index contributed by atoms with van der Waals surface area (Å²) in [7, 11) is 0. The van der Waals surface area contributed by atoms with Crippen LogP contribution in [-0.2, 0) is 0 Å². The summed E-state index contributed by atoms with van der Waals surface area (Å²) in [5, 5.41) is 16.2. The van der Waals surface area contributed by atoms with Crippen LogP contribution in [0.1, 0.15) is 30.6 Å². The molecule has 7 nitrogen and oxygen atoms in total. The molecular formula is C19H27N5O2. The molecule has 1 aliphatic heterocycles. The maximum atomic E-state index is 13.2. The fourth-order valence-electron chi connectivity index (χ4n) is 3.59. The van der Waals surface area contributed by atoms with Crippen molar-refractivity contribution in [3.63, 3.8) is 0 Å². The molecule has 0 saturated carbocycles. The van der Waals surface area contributed by atoms with Gasteiger partial charge in [0.05, 0.1) is 5.56 Å². The van der Waals surface area contributed by atoms with Gasteiger partial charge in [0.15, 0.2) is 5.82 Å². The number of piperazine rings is 1. The van der Waals surface area contributed by atoms with Crippen LogP contribution in [0.3, 0.4) is 0 Å². The summed E-state index contributed by atoms with van der Waals surface area (Å²) in [5.41, 5.74) is 1.39. The first-order chi connectivity index (χ1) is 12.6. The van der Waals surface area contributed by atoms with Gasteiger partial charge in [-0.3, -0.25) is 14.8 Å². The molecule has 0 spiro atoms. The molecule has 0 radical (unpaired) electrons. The number of aliphatic hydroxyl groups excluding tert-OH is 1. The molecular weight excluding hydrogens is 330 g/mol. The Morgan fingerprint density at radius 1 is 1.35 bits per heavy atom. The Balaban J connectivity index is 1.79. The molecule has 3 rings (SSSR count). The zero-order valence-electron chi connectivity index (χ0n) is 15.4. The number of aromatic nitrogens is 3. The Kier molecular flexibility index (Phi) is 6.00. The number of benzene rings is 1. The highest BCUT2D eigenvalue weighted by Crippen LogP contribution is 2.23. The lowest BCUT2D eigenvalue weighted by Gasteiger charge is -2.42. The van der Waals surface area contributed by atoms with Crippen molar-refractivity contribution < 1.29 is 9.90 Å². The van der Waals surface area contributed by atoms with E-state index >= 15 is 0 Å². The van der Waals surface area contributed by atoms with Crippen LogP contribution in [-0.4, -0.2) is 74.8 Å². The van der Waals surface area contributed by atoms with Crippen molar-refractivity contribution >= 4 is 5.91 Å². The molecule has 7 heteroatoms. The van der Waals surface area contributed by atoms with Crippen molar-refractivity contribution in [3.8, 4) is 11.4 Å². The number of hydrogen-bond donors (Lipinski definition) is 2. The summed E-state index contributed by atoms with van der Waals surface area (Å²) in [6, 6.07) is 7.67. The second-order valence-electron chi connectivity index (χ2n) is 7.19. The summed E-state index contributed by atoms with van der Waals surface area (Å²) in [5.74, 6) is 1.16. The molecule has 1 aromatic carbocycles. The van der Waals surface area contributed by atoms with Crippen LogP contribution >= 0.6 is 0 Å². The molecule has 1 unspecified atom stereocenters. The van der Waals surface area contributed by atoms with Gasteiger partial charge in [0.1, 0.15) is 6.33 Å². The van der Waals surface area contributed by atoms with E-state index in [1.807, 2.05) is 29.2 Å². The number of hydrogen-bond acceptors (Lipinski definition) is 5. The SMILES string of the molecule is CC(C)CN1CCN(C(=O)c2ccccc2-c2ncn[nH]2)CC1CCO. The predicted molar refractivity (Wildman–Crippen MR) is 99.6 cm³/mol. The topological polar surface area (TPSA) is 85.4 Å². The number of rotatable bonds is 6. The Bertz CT molecular complexity index is 716. The maximum absolute atomic E-state index is 13.2. The molecule has 0 bridgehead atoms. The van der Waals surface area contributed by atoms with E-state index in [0.717, 1.165) is 18.7 Å². The van der Waals surface area contributed by atoms with Crippen molar-refractivity contribution in [2.24, 2.45) is 5.92 Å². The number of H-pyrrole nitrogens is 1. The molecule has 140 valence electrons. The summed E-state index contributed by atoms with van der Waals surface area (Å²) in [4.78, 5) is 21.7. The molecule has 2 N–H and O–H groups in total. The molecule has 2 aromatic rings. The summed E-state index contributed by atoms with van der Waals surface area (Å²) in [6.45, 7) is 7.67. The van der Waals surface area contributed by atoms with E-state index in [2.05, 4.69) is 33.9 Å². The van der Waals surface area contributed by atoms with Crippen molar-refractivity contribution in [2.75, 3.05) is 32.8 Å². The average molecular weight is 357 g/mol. The van der Waals surface area contributed by atoms with Gasteiger partial charge in [-0.2, -0.15) is 5.10 Å². The highest BCUT2D eigenvalue weighted by molar-refractivity contribution is 6.00. The highest BCUT2D eigenvalue weighted by Gasteiger charge is 2.30. The second-order valence-corrected chi connectivity index (χ2v) is 7.19. The Morgan fingerprint density at radius 3 is 2.85 bits per heavy atom. The number of nitrogens with zero attached hydrogens (tertiary/aromatic N) is 4. The van der Waals surface area contributed by atoms with Crippen molar-refractivity contribution in [1.29, 1.82) is 0 Å². The summed E-state index contributed by atoms with van der Waals surface area (Å²) in [6.07, 6.45) is 2.12. The maximum Gasteiger partial charge on any atom is 0.254 e. The zero-order chi connectivity index (χ0) is 18.5. The minimum atomic E-state index is 0.00383. The van der Waals surface area contributed by atoms with Crippen LogP contribution in [0.25, 0.3) is 11.4 Å². The van der Waals surface area contributed by atoms with Gasteiger partial charge in [-0.1, -0.05) is 32.0 Å². The van der Waals surface area contributed by atoms with Crippen LogP contribution in [0.2, 0.25) is 0 Å². The third kappa shape index (κ3) is 4.11. The summed E-state index contributed by atoms with van der Waals surface area (Å²) < 4.78 is 0. The predicted octanol–water partition coefficient (Wildman–Crippen LogP) is 1.64. The number of nitrogens with one attached hydrogen (secondary N) is 1. The van der Waals surface area contributed by atoms with E-state index in [1.165, 1.54) is 6.33 Å². The van der Waals surface area contributed by atoms with E-state index in [0.29, 0.717) is 36.8 Å². The monoisotopic (exact) mass is 357 g/mol. The lowest BCUT2D eigenvalue weighted by atomic mass is 10.0. The minimum Gasteiger partial charge on any atom is -0.396 e. The zero-order valence-corrected chi connectivity index (χ0v) is 15.4. The average Bonchev–Trinajstić information content (AvgIpc) is 3.17. The van der Waals surface area contributed by atoms with E-state index in [1.54, 1.807) is 0 Å². The van der Waals surface area contributed by atoms with Crippen LogP contribution < -0.4 is 0 Å². The third-order valence-corrected chi connectivity index (χ3v) is 4.78. The van der Waals surface area contributed by atoms with Crippen LogP contribution in [0.4, 0.5) is 0 Å². The molecule has 0 aliphatic carbocycles. The molecule has 2 heterocycles. The van der Waals surface area contributed by atoms with E-state index in [4.69, 9.17) is 0 Å². The smallest absolute Gasteiger partial charge is 0.254 e.